The van der Waals surface area contributed by atoms with Gasteiger partial charge in [-0.3, -0.25) is 4.79 Å². The minimum Gasteiger partial charge on any atom is -0.393 e. The number of aliphatic hydroxyl groups is 1. The number of nitrogens with one attached hydrogen (secondary N) is 1. The van der Waals surface area contributed by atoms with E-state index in [0.29, 0.717) is 23.9 Å². The molecule has 31 heavy (non-hydrogen) atoms. The molecule has 1 saturated heterocycles. The molecule has 2 aliphatic rings. The molecule has 170 valence electrons. The van der Waals surface area contributed by atoms with Crippen LogP contribution in [0.3, 0.4) is 0 Å². The molecule has 1 aliphatic heterocycles. The molecule has 1 atom stereocenters. The highest BCUT2D eigenvalue weighted by Crippen LogP contribution is 2.36. The zero-order valence-electron chi connectivity index (χ0n) is 18.9. The molecule has 2 aromatic heterocycles. The molecular formula is C23H35N5O3. The number of pyridine rings is 1. The number of ether oxygens (including phenoxy) is 1. The Balaban J connectivity index is 1.76. The number of rotatable bonds is 6. The molecule has 2 N–H and O–H groups in total. The Kier molecular flexibility index (Phi) is 6.89. The second-order valence-electron chi connectivity index (χ2n) is 9.29. The molecule has 2 fully saturated rings. The van der Waals surface area contributed by atoms with Crippen LogP contribution < -0.4 is 10.9 Å². The van der Waals surface area contributed by atoms with E-state index in [1.807, 2.05) is 11.5 Å². The molecule has 0 radical (unpaired) electrons. The van der Waals surface area contributed by atoms with E-state index in [1.165, 1.54) is 0 Å². The van der Waals surface area contributed by atoms with Crippen LogP contribution in [-0.4, -0.2) is 70.5 Å². The van der Waals surface area contributed by atoms with Crippen molar-refractivity contribution >= 4 is 16.9 Å². The maximum absolute atomic E-state index is 13.4. The first-order valence-corrected chi connectivity index (χ1v) is 11.5. The Hall–Kier alpha value is -2.03. The molecule has 2 aromatic rings. The molecular weight excluding hydrogens is 394 g/mol. The van der Waals surface area contributed by atoms with Crippen molar-refractivity contribution in [3.8, 4) is 0 Å². The zero-order valence-corrected chi connectivity index (χ0v) is 18.9. The van der Waals surface area contributed by atoms with Gasteiger partial charge in [-0.15, -0.1) is 0 Å². The first-order chi connectivity index (χ1) is 15.0. The minimum absolute atomic E-state index is 0.000590. The summed E-state index contributed by atoms with van der Waals surface area (Å²) in [5, 5.41) is 13.9. The van der Waals surface area contributed by atoms with Crippen molar-refractivity contribution in [2.75, 3.05) is 39.2 Å². The highest BCUT2D eigenvalue weighted by atomic mass is 16.5. The Morgan fingerprint density at radius 2 is 1.94 bits per heavy atom. The zero-order chi connectivity index (χ0) is 22.0. The summed E-state index contributed by atoms with van der Waals surface area (Å²) in [5.41, 5.74) is 1.86. The lowest BCUT2D eigenvalue weighted by Crippen LogP contribution is -2.36. The molecule has 8 heteroatoms. The first-order valence-electron chi connectivity index (χ1n) is 11.5. The molecule has 0 aromatic carbocycles. The van der Waals surface area contributed by atoms with E-state index in [4.69, 9.17) is 9.72 Å². The van der Waals surface area contributed by atoms with Crippen LogP contribution in [0.5, 0.6) is 0 Å². The molecule has 1 aliphatic carbocycles. The van der Waals surface area contributed by atoms with Crippen molar-refractivity contribution in [1.82, 2.24) is 19.4 Å². The standard InChI is InChI=1S/C23H35N5O3/c1-15(14-31-3)25-23-24-12-19-21(26-23)20(16-4-6-18(29)7-5-16)13-28(22(19)30)17-8-10-27(2)11-9-17/h12-13,15-18,29H,4-11,14H2,1-3H3,(H,24,25,26). The lowest BCUT2D eigenvalue weighted by atomic mass is 9.82. The number of fused-ring (bicyclic) bond motifs is 1. The van der Waals surface area contributed by atoms with E-state index in [9.17, 15) is 9.90 Å². The van der Waals surface area contributed by atoms with Gasteiger partial charge in [-0.1, -0.05) is 0 Å². The van der Waals surface area contributed by atoms with Crippen LogP contribution in [0.2, 0.25) is 0 Å². The van der Waals surface area contributed by atoms with Gasteiger partial charge in [-0.05, 0) is 77.1 Å². The number of methoxy groups -OCH3 is 1. The number of aromatic nitrogens is 3. The van der Waals surface area contributed by atoms with Crippen molar-refractivity contribution in [1.29, 1.82) is 0 Å². The number of aliphatic hydroxyl groups excluding tert-OH is 1. The second-order valence-corrected chi connectivity index (χ2v) is 9.29. The molecule has 1 saturated carbocycles. The van der Waals surface area contributed by atoms with Gasteiger partial charge in [-0.25, -0.2) is 9.97 Å². The fourth-order valence-corrected chi connectivity index (χ4v) is 4.98. The molecule has 3 heterocycles. The molecule has 0 amide bonds. The van der Waals surface area contributed by atoms with Gasteiger partial charge in [0.2, 0.25) is 5.95 Å². The van der Waals surface area contributed by atoms with Crippen LogP contribution in [-0.2, 0) is 4.74 Å². The molecule has 0 bridgehead atoms. The van der Waals surface area contributed by atoms with Crippen LogP contribution >= 0.6 is 0 Å². The number of nitrogens with zero attached hydrogens (tertiary/aromatic N) is 4. The topological polar surface area (TPSA) is 92.5 Å². The van der Waals surface area contributed by atoms with Gasteiger partial charge in [0, 0.05) is 31.6 Å². The van der Waals surface area contributed by atoms with Gasteiger partial charge >= 0.3 is 0 Å². The number of hydrogen-bond donors (Lipinski definition) is 2. The van der Waals surface area contributed by atoms with Crippen LogP contribution in [0.25, 0.3) is 10.9 Å². The molecule has 1 unspecified atom stereocenters. The maximum atomic E-state index is 13.4. The number of piperidine rings is 1. The van der Waals surface area contributed by atoms with E-state index in [-0.39, 0.29) is 23.7 Å². The summed E-state index contributed by atoms with van der Waals surface area (Å²) < 4.78 is 7.15. The molecule has 8 nitrogen and oxygen atoms in total. The van der Waals surface area contributed by atoms with Gasteiger partial charge in [0.15, 0.2) is 0 Å². The monoisotopic (exact) mass is 429 g/mol. The van der Waals surface area contributed by atoms with Gasteiger partial charge in [-0.2, -0.15) is 0 Å². The molecule has 4 rings (SSSR count). The fourth-order valence-electron chi connectivity index (χ4n) is 4.98. The van der Waals surface area contributed by atoms with E-state index >= 15 is 0 Å². The fraction of sp³-hybridized carbons (Fsp3) is 0.696. The quantitative estimate of drug-likeness (QED) is 0.729. The summed E-state index contributed by atoms with van der Waals surface area (Å²) in [5.74, 6) is 0.814. The van der Waals surface area contributed by atoms with Crippen LogP contribution in [0, 0.1) is 0 Å². The minimum atomic E-state index is -0.218. The number of anilines is 1. The summed E-state index contributed by atoms with van der Waals surface area (Å²) in [6.07, 6.45) is 8.88. The third kappa shape index (κ3) is 4.91. The summed E-state index contributed by atoms with van der Waals surface area (Å²) >= 11 is 0. The summed E-state index contributed by atoms with van der Waals surface area (Å²) in [4.78, 5) is 25.0. The van der Waals surface area contributed by atoms with Gasteiger partial charge in [0.05, 0.1) is 23.6 Å². The summed E-state index contributed by atoms with van der Waals surface area (Å²) in [6, 6.07) is 0.274. The largest absolute Gasteiger partial charge is 0.393 e. The first kappa shape index (κ1) is 22.2. The Morgan fingerprint density at radius 3 is 2.61 bits per heavy atom. The van der Waals surface area contributed by atoms with Crippen molar-refractivity contribution in [3.63, 3.8) is 0 Å². The SMILES string of the molecule is COCC(C)Nc1ncc2c(=O)n(C3CCN(C)CC3)cc(C3CCC(O)CC3)c2n1. The smallest absolute Gasteiger partial charge is 0.261 e. The molecule has 0 spiro atoms. The van der Waals surface area contributed by atoms with Gasteiger partial charge in [0.1, 0.15) is 0 Å². The van der Waals surface area contributed by atoms with Gasteiger partial charge in [0.25, 0.3) is 5.56 Å². The summed E-state index contributed by atoms with van der Waals surface area (Å²) in [6.45, 7) is 4.55. The van der Waals surface area contributed by atoms with Crippen LogP contribution in [0.1, 0.15) is 63.0 Å². The Labute approximate surface area is 183 Å². The van der Waals surface area contributed by atoms with Crippen LogP contribution in [0.4, 0.5) is 5.95 Å². The predicted molar refractivity (Wildman–Crippen MR) is 122 cm³/mol. The van der Waals surface area contributed by atoms with E-state index in [2.05, 4.69) is 28.4 Å². The summed E-state index contributed by atoms with van der Waals surface area (Å²) in [7, 11) is 3.80. The van der Waals surface area contributed by atoms with Crippen molar-refractivity contribution in [2.45, 2.75) is 69.6 Å². The number of hydrogen-bond acceptors (Lipinski definition) is 7. The third-order valence-electron chi connectivity index (χ3n) is 6.82. The van der Waals surface area contributed by atoms with E-state index in [1.54, 1.807) is 13.3 Å². The highest BCUT2D eigenvalue weighted by molar-refractivity contribution is 5.81. The van der Waals surface area contributed by atoms with Gasteiger partial charge < -0.3 is 24.6 Å². The highest BCUT2D eigenvalue weighted by Gasteiger charge is 2.27. The predicted octanol–water partition coefficient (Wildman–Crippen LogP) is 2.52. The lowest BCUT2D eigenvalue weighted by Gasteiger charge is -2.32. The van der Waals surface area contributed by atoms with Crippen molar-refractivity contribution in [2.24, 2.45) is 0 Å². The average Bonchev–Trinajstić information content (AvgIpc) is 2.76. The van der Waals surface area contributed by atoms with E-state index in [0.717, 1.165) is 62.7 Å². The van der Waals surface area contributed by atoms with E-state index < -0.39 is 0 Å². The second kappa shape index (κ2) is 9.63. The lowest BCUT2D eigenvalue weighted by molar-refractivity contribution is 0.122. The van der Waals surface area contributed by atoms with Crippen molar-refractivity contribution < 1.29 is 9.84 Å². The Morgan fingerprint density at radius 1 is 1.23 bits per heavy atom. The van der Waals surface area contributed by atoms with Crippen LogP contribution in [0.15, 0.2) is 17.2 Å². The average molecular weight is 430 g/mol. The number of likely N-dealkylation sites (tertiary alicyclic amines) is 1. The van der Waals surface area contributed by atoms with Crippen molar-refractivity contribution in [3.05, 3.63) is 28.3 Å². The Bertz CT molecular complexity index is 946. The normalized spacial score (nSPS) is 24.4. The third-order valence-corrected chi connectivity index (χ3v) is 6.82. The maximum Gasteiger partial charge on any atom is 0.261 e.